The van der Waals surface area contributed by atoms with Gasteiger partial charge in [-0.05, 0) is 97.2 Å². The molecule has 406 valence electrons. The van der Waals surface area contributed by atoms with Crippen LogP contribution in [0.3, 0.4) is 0 Å². The number of benzene rings is 5. The molecule has 5 aromatic carbocycles. The Kier molecular flexibility index (Phi) is 19.9. The van der Waals surface area contributed by atoms with Gasteiger partial charge in [-0.2, -0.15) is 0 Å². The van der Waals surface area contributed by atoms with E-state index in [1.807, 2.05) is 88.4 Å². The van der Waals surface area contributed by atoms with E-state index < -0.39 is 69.8 Å². The van der Waals surface area contributed by atoms with E-state index in [4.69, 9.17) is 0 Å². The van der Waals surface area contributed by atoms with Crippen LogP contribution < -0.4 is 26.0 Å². The van der Waals surface area contributed by atoms with Crippen molar-refractivity contribution in [1.82, 2.24) is 31.1 Å². The first-order chi connectivity index (χ1) is 36.6. The number of anilines is 1. The molecule has 0 aliphatic carbocycles. The number of sulfonamides is 1. The van der Waals surface area contributed by atoms with Crippen molar-refractivity contribution in [3.05, 3.63) is 161 Å². The summed E-state index contributed by atoms with van der Waals surface area (Å²) in [7, 11) is -3.92. The summed E-state index contributed by atoms with van der Waals surface area (Å²) in [6.45, 7) is 7.94. The number of aromatic hydroxyl groups is 1. The van der Waals surface area contributed by atoms with Crippen molar-refractivity contribution in [1.29, 1.82) is 0 Å². The zero-order valence-electron chi connectivity index (χ0n) is 43.0. The molecule has 2 aliphatic heterocycles. The molecule has 2 aliphatic rings. The van der Waals surface area contributed by atoms with Gasteiger partial charge in [0.2, 0.25) is 11.8 Å². The van der Waals surface area contributed by atoms with Gasteiger partial charge in [0, 0.05) is 31.9 Å². The van der Waals surface area contributed by atoms with Crippen LogP contribution in [0.2, 0.25) is 0 Å². The van der Waals surface area contributed by atoms with Gasteiger partial charge in [-0.25, -0.2) is 8.42 Å². The molecule has 20 nitrogen and oxygen atoms in total. The molecule has 8 N–H and O–H groups in total. The second-order valence-corrected chi connectivity index (χ2v) is 21.1. The van der Waals surface area contributed by atoms with Crippen LogP contribution >= 0.6 is 0 Å². The highest BCUT2D eigenvalue weighted by molar-refractivity contribution is 7.92. The van der Waals surface area contributed by atoms with Crippen molar-refractivity contribution < 1.29 is 62.1 Å². The molecule has 7 rings (SSSR count). The minimum absolute atomic E-state index is 0.0102. The molecule has 0 saturated heterocycles. The Bertz CT molecular complexity index is 3070. The maximum Gasteiger partial charge on any atom is 0.320 e. The fourth-order valence-electron chi connectivity index (χ4n) is 8.67. The molecule has 0 unspecified atom stereocenters. The lowest BCUT2D eigenvalue weighted by Crippen LogP contribution is -2.52. The Morgan fingerprint density at radius 2 is 0.896 bits per heavy atom. The number of carbonyl (C=O) groups is 8. The Morgan fingerprint density at radius 1 is 0.506 bits per heavy atom. The van der Waals surface area contributed by atoms with Gasteiger partial charge in [0.15, 0.2) is 0 Å². The minimum Gasteiger partial charge on any atom is -0.508 e. The molecular weight excluding hydrogens is 1010 g/mol. The summed E-state index contributed by atoms with van der Waals surface area (Å²) in [5.41, 5.74) is 2.28. The van der Waals surface area contributed by atoms with Gasteiger partial charge in [0.1, 0.15) is 17.8 Å². The second kappa shape index (κ2) is 26.5. The number of fused-ring (bicyclic) bond motifs is 2. The fraction of sp³-hybridized carbons (Fsp3) is 0.321. The van der Waals surface area contributed by atoms with Crippen molar-refractivity contribution in [2.75, 3.05) is 17.8 Å². The number of amides is 6. The third-order valence-electron chi connectivity index (χ3n) is 12.6. The van der Waals surface area contributed by atoms with Crippen LogP contribution in [0.15, 0.2) is 132 Å². The highest BCUT2D eigenvalue weighted by Gasteiger charge is 2.39. The molecule has 2 heterocycles. The predicted octanol–water partition coefficient (Wildman–Crippen LogP) is 5.40. The summed E-state index contributed by atoms with van der Waals surface area (Å²) in [5, 5.41) is 40.8. The van der Waals surface area contributed by atoms with Gasteiger partial charge < -0.3 is 26.0 Å². The maximum atomic E-state index is 13.2. The first-order valence-electron chi connectivity index (χ1n) is 25.0. The number of phenolic OH excluding ortho intramolecular Hbond substituents is 1. The van der Waals surface area contributed by atoms with Gasteiger partial charge in [0.25, 0.3) is 33.7 Å². The first kappa shape index (κ1) is 58.0. The summed E-state index contributed by atoms with van der Waals surface area (Å²) in [6, 6.07) is 30.4. The van der Waals surface area contributed by atoms with Crippen LogP contribution in [0.4, 0.5) is 5.69 Å². The van der Waals surface area contributed by atoms with Gasteiger partial charge in [-0.15, -0.1) is 0 Å². The van der Waals surface area contributed by atoms with Crippen LogP contribution in [0.25, 0.3) is 0 Å². The number of hydrogen-bond acceptors (Lipinski definition) is 13. The van der Waals surface area contributed by atoms with E-state index in [0.29, 0.717) is 19.4 Å². The molecule has 0 radical (unpaired) electrons. The van der Waals surface area contributed by atoms with Crippen LogP contribution in [0.1, 0.15) is 106 Å². The Balaban J connectivity index is 0.000000257. The van der Waals surface area contributed by atoms with E-state index in [1.165, 1.54) is 48.5 Å². The third kappa shape index (κ3) is 15.7. The van der Waals surface area contributed by atoms with E-state index in [2.05, 4.69) is 26.0 Å². The number of phenols is 1. The standard InChI is InChI=1S/C31H34N4O7S.C25H29N3O6/c1-20(2)17-27(28(36)32-19-21-9-5-3-6-10-21)33-26(31(39)40)15-16-35-29(37)24-14-13-22(18-25(24)30(35)38)34-43(41,42)23-11-7-4-8-12-23;1-15(2)12-21(22(30)26-14-16-6-4-3-5-7-16)27-20(25(33)34)10-11-28-23(31)18-9-8-17(29)13-19(18)24(28)32/h3-14,18,20,26-27,33-34H,15-17,19H2,1-2H3,(H,32,36)(H,39,40);3-9,13,15,20-21,27,29H,10-12,14H2,1-2H3,(H,26,30)(H,33,34)/t26-,27+;20-,21+/m11/s1. The Labute approximate surface area is 446 Å². The van der Waals surface area contributed by atoms with Crippen LogP contribution in [-0.2, 0) is 42.3 Å². The van der Waals surface area contributed by atoms with Gasteiger partial charge in [-0.1, -0.05) is 107 Å². The Morgan fingerprint density at radius 3 is 1.31 bits per heavy atom. The molecule has 21 heteroatoms. The molecule has 77 heavy (non-hydrogen) atoms. The number of carboxylic acid groups (broad SMARTS) is 2. The molecule has 6 amide bonds. The molecule has 0 aromatic heterocycles. The van der Waals surface area contributed by atoms with Crippen molar-refractivity contribution >= 4 is 63.1 Å². The number of nitrogens with one attached hydrogen (secondary N) is 5. The highest BCUT2D eigenvalue weighted by atomic mass is 32.2. The zero-order chi connectivity index (χ0) is 56.0. The molecule has 0 spiro atoms. The quantitative estimate of drug-likeness (QED) is 0.0340. The molecule has 0 bridgehead atoms. The third-order valence-corrected chi connectivity index (χ3v) is 14.0. The van der Waals surface area contributed by atoms with Crippen LogP contribution in [0.5, 0.6) is 5.75 Å². The number of hydrogen-bond donors (Lipinski definition) is 8. The summed E-state index contributed by atoms with van der Waals surface area (Å²) in [5.74, 6) is -5.40. The molecule has 0 saturated carbocycles. The topological polar surface area (TPSA) is 298 Å². The Hall–Kier alpha value is -8.27. The SMILES string of the molecule is CC(C)C[C@H](N[C@H](CCN1C(=O)c2ccc(NS(=O)(=O)c3ccccc3)cc2C1=O)C(=O)O)C(=O)NCc1ccccc1.CC(C)C[C@H](N[C@H](CCN1C(=O)c2ccc(O)cc2C1=O)C(=O)O)C(=O)NCc1ccccc1. The fourth-order valence-corrected chi connectivity index (χ4v) is 9.74. The van der Waals surface area contributed by atoms with Crippen molar-refractivity contribution in [3.8, 4) is 5.75 Å². The smallest absolute Gasteiger partial charge is 0.320 e. The summed E-state index contributed by atoms with van der Waals surface area (Å²) < 4.78 is 27.8. The lowest BCUT2D eigenvalue weighted by Gasteiger charge is -2.25. The summed E-state index contributed by atoms with van der Waals surface area (Å²) in [4.78, 5) is 103. The van der Waals surface area contributed by atoms with E-state index >= 15 is 0 Å². The lowest BCUT2D eigenvalue weighted by atomic mass is 10.0. The average molecular weight is 1070 g/mol. The number of carboxylic acids is 2. The van der Waals surface area contributed by atoms with Crippen molar-refractivity contribution in [3.63, 3.8) is 0 Å². The molecule has 5 aromatic rings. The van der Waals surface area contributed by atoms with Crippen molar-refractivity contribution in [2.24, 2.45) is 11.8 Å². The monoisotopic (exact) mass is 1070 g/mol. The molecule has 0 fully saturated rings. The van der Waals surface area contributed by atoms with Gasteiger partial charge in [-0.3, -0.25) is 63.5 Å². The number of aliphatic carboxylic acids is 2. The number of rotatable bonds is 25. The predicted molar refractivity (Wildman–Crippen MR) is 284 cm³/mol. The van der Waals surface area contributed by atoms with E-state index in [0.717, 1.165) is 20.9 Å². The second-order valence-electron chi connectivity index (χ2n) is 19.4. The van der Waals surface area contributed by atoms with Gasteiger partial charge in [0.05, 0.1) is 39.2 Å². The first-order valence-corrected chi connectivity index (χ1v) is 26.5. The largest absolute Gasteiger partial charge is 0.508 e. The average Bonchev–Trinajstić information content (AvgIpc) is 3.81. The maximum absolute atomic E-state index is 13.2. The minimum atomic E-state index is -3.92. The highest BCUT2D eigenvalue weighted by Crippen LogP contribution is 2.29. The van der Waals surface area contributed by atoms with Crippen molar-refractivity contribution in [2.45, 2.75) is 95.5 Å². The molecule has 4 atom stereocenters. The number of nitrogens with zero attached hydrogens (tertiary/aromatic N) is 2. The van der Waals surface area contributed by atoms with E-state index in [1.54, 1.807) is 18.2 Å². The van der Waals surface area contributed by atoms with Gasteiger partial charge >= 0.3 is 11.9 Å². The summed E-state index contributed by atoms with van der Waals surface area (Å²) >= 11 is 0. The van der Waals surface area contributed by atoms with E-state index in [9.17, 15) is 62.1 Å². The number of imide groups is 2. The van der Waals surface area contributed by atoms with Crippen LogP contribution in [-0.4, -0.2) is 118 Å². The number of carbonyl (C=O) groups excluding carboxylic acids is 6. The molecular formula is C56H63N7O13S. The zero-order valence-corrected chi connectivity index (χ0v) is 43.8. The lowest BCUT2D eigenvalue weighted by molar-refractivity contribution is -0.141. The van der Waals surface area contributed by atoms with Crippen LogP contribution in [0, 0.1) is 11.8 Å². The van der Waals surface area contributed by atoms with E-state index in [-0.39, 0.29) is 94.7 Å². The normalized spacial score (nSPS) is 14.5. The summed E-state index contributed by atoms with van der Waals surface area (Å²) in [6.07, 6.45) is 0.567.